The maximum Gasteiger partial charge on any atom is 0.188 e. The van der Waals surface area contributed by atoms with Gasteiger partial charge in [-0.2, -0.15) is 0 Å². The van der Waals surface area contributed by atoms with Gasteiger partial charge in [-0.1, -0.05) is 13.3 Å². The van der Waals surface area contributed by atoms with E-state index >= 15 is 0 Å². The fraction of sp³-hybridized carbons (Fsp3) is 0.727. The summed E-state index contributed by atoms with van der Waals surface area (Å²) in [4.78, 5) is 4.24. The zero-order valence-corrected chi connectivity index (χ0v) is 12.1. The molecule has 1 heterocycles. The standard InChI is InChI=1S/C11H21N3O.HI/c1-2-3-7-13-11(12)14-9-10-6-4-5-8-15-10;/h5,8,10H,2-4,6-7,9H2,1H3,(H3,12,13,14);1H. The quantitative estimate of drug-likeness (QED) is 0.349. The zero-order valence-electron chi connectivity index (χ0n) is 9.82. The molecule has 3 N–H and O–H groups in total. The highest BCUT2D eigenvalue weighted by atomic mass is 127. The molecule has 0 aliphatic carbocycles. The third-order valence-corrected chi connectivity index (χ3v) is 2.32. The molecular formula is C11H22IN3O. The first kappa shape index (κ1) is 15.5. The molecule has 1 rings (SSSR count). The van der Waals surface area contributed by atoms with E-state index in [4.69, 9.17) is 10.5 Å². The Balaban J connectivity index is 0.00000225. The van der Waals surface area contributed by atoms with Crippen LogP contribution < -0.4 is 11.1 Å². The van der Waals surface area contributed by atoms with Gasteiger partial charge in [0.25, 0.3) is 0 Å². The Kier molecular flexibility index (Phi) is 9.46. The van der Waals surface area contributed by atoms with Crippen molar-refractivity contribution < 1.29 is 4.74 Å². The van der Waals surface area contributed by atoms with Crippen LogP contribution in [0, 0.1) is 0 Å². The molecule has 0 aromatic heterocycles. The Morgan fingerprint density at radius 2 is 2.44 bits per heavy atom. The summed E-state index contributed by atoms with van der Waals surface area (Å²) in [6, 6.07) is 0. The summed E-state index contributed by atoms with van der Waals surface area (Å²) in [5, 5.41) is 3.08. The van der Waals surface area contributed by atoms with Crippen LogP contribution in [0.5, 0.6) is 0 Å². The van der Waals surface area contributed by atoms with E-state index in [1.54, 1.807) is 6.26 Å². The Bertz CT molecular complexity index is 231. The van der Waals surface area contributed by atoms with Crippen LogP contribution in [-0.4, -0.2) is 25.2 Å². The van der Waals surface area contributed by atoms with Gasteiger partial charge in [-0.25, -0.2) is 4.99 Å². The molecular weight excluding hydrogens is 317 g/mol. The van der Waals surface area contributed by atoms with Crippen LogP contribution in [0.2, 0.25) is 0 Å². The van der Waals surface area contributed by atoms with Crippen molar-refractivity contribution in [3.05, 3.63) is 12.3 Å². The van der Waals surface area contributed by atoms with Crippen LogP contribution >= 0.6 is 24.0 Å². The summed E-state index contributed by atoms with van der Waals surface area (Å²) in [5.74, 6) is 0.529. The molecule has 1 aliphatic rings. The van der Waals surface area contributed by atoms with Crippen LogP contribution in [-0.2, 0) is 4.74 Å². The lowest BCUT2D eigenvalue weighted by atomic mass is 10.2. The molecule has 0 saturated heterocycles. The van der Waals surface area contributed by atoms with Crippen LogP contribution in [0.25, 0.3) is 0 Å². The summed E-state index contributed by atoms with van der Waals surface area (Å²) < 4.78 is 5.38. The molecule has 1 aliphatic heterocycles. The maximum atomic E-state index is 5.70. The molecule has 4 nitrogen and oxygen atoms in total. The van der Waals surface area contributed by atoms with Crippen LogP contribution in [0.1, 0.15) is 32.6 Å². The van der Waals surface area contributed by atoms with E-state index in [1.165, 1.54) is 0 Å². The number of hydrogen-bond donors (Lipinski definition) is 2. The average molecular weight is 339 g/mol. The van der Waals surface area contributed by atoms with Gasteiger partial charge in [0.1, 0.15) is 6.10 Å². The number of guanidine groups is 1. The van der Waals surface area contributed by atoms with Crippen molar-refractivity contribution in [2.75, 3.05) is 13.1 Å². The lowest BCUT2D eigenvalue weighted by Crippen LogP contribution is -2.33. The number of unbranched alkanes of at least 4 members (excludes halogenated alkanes) is 1. The lowest BCUT2D eigenvalue weighted by Gasteiger charge is -2.17. The van der Waals surface area contributed by atoms with Gasteiger partial charge in [0.15, 0.2) is 5.96 Å². The molecule has 5 heteroatoms. The fourth-order valence-corrected chi connectivity index (χ4v) is 1.37. The predicted molar refractivity (Wildman–Crippen MR) is 78.1 cm³/mol. The number of nitrogens with zero attached hydrogens (tertiary/aromatic N) is 1. The number of halogens is 1. The summed E-state index contributed by atoms with van der Waals surface area (Å²) in [6.45, 7) is 3.70. The molecule has 0 amide bonds. The van der Waals surface area contributed by atoms with Crippen molar-refractivity contribution >= 4 is 29.9 Å². The second kappa shape index (κ2) is 9.74. The van der Waals surface area contributed by atoms with Gasteiger partial charge in [-0.05, 0) is 25.3 Å². The number of nitrogens with two attached hydrogens (primary N) is 1. The van der Waals surface area contributed by atoms with Gasteiger partial charge in [0.2, 0.25) is 0 Å². The molecule has 1 atom stereocenters. The fourth-order valence-electron chi connectivity index (χ4n) is 1.37. The zero-order chi connectivity index (χ0) is 10.9. The molecule has 0 aromatic carbocycles. The van der Waals surface area contributed by atoms with Crippen LogP contribution in [0.15, 0.2) is 17.3 Å². The van der Waals surface area contributed by atoms with E-state index in [0.29, 0.717) is 12.5 Å². The smallest absolute Gasteiger partial charge is 0.188 e. The highest BCUT2D eigenvalue weighted by Crippen LogP contribution is 2.09. The second-order valence-corrected chi connectivity index (χ2v) is 3.71. The van der Waals surface area contributed by atoms with Gasteiger partial charge in [-0.3, -0.25) is 0 Å². The van der Waals surface area contributed by atoms with Gasteiger partial charge in [0, 0.05) is 6.54 Å². The average Bonchev–Trinajstić information content (AvgIpc) is 2.28. The molecule has 0 aromatic rings. The van der Waals surface area contributed by atoms with Crippen molar-refractivity contribution in [2.24, 2.45) is 10.7 Å². The van der Waals surface area contributed by atoms with Crippen molar-refractivity contribution in [1.82, 2.24) is 5.32 Å². The second-order valence-electron chi connectivity index (χ2n) is 3.71. The first-order valence-corrected chi connectivity index (χ1v) is 5.67. The van der Waals surface area contributed by atoms with Crippen molar-refractivity contribution in [3.8, 4) is 0 Å². The third kappa shape index (κ3) is 6.92. The van der Waals surface area contributed by atoms with E-state index in [2.05, 4.69) is 17.2 Å². The summed E-state index contributed by atoms with van der Waals surface area (Å²) in [7, 11) is 0. The van der Waals surface area contributed by atoms with Crippen molar-refractivity contribution in [3.63, 3.8) is 0 Å². The van der Waals surface area contributed by atoms with Gasteiger partial charge in [-0.15, -0.1) is 24.0 Å². The van der Waals surface area contributed by atoms with Crippen molar-refractivity contribution in [2.45, 2.75) is 38.7 Å². The predicted octanol–water partition coefficient (Wildman–Crippen LogP) is 2.00. The first-order chi connectivity index (χ1) is 7.33. The minimum atomic E-state index is 0. The molecule has 0 bridgehead atoms. The normalized spacial score (nSPS) is 19.8. The molecule has 16 heavy (non-hydrogen) atoms. The number of ether oxygens (including phenoxy) is 1. The molecule has 0 fully saturated rings. The van der Waals surface area contributed by atoms with E-state index in [0.717, 1.165) is 32.2 Å². The monoisotopic (exact) mass is 339 g/mol. The summed E-state index contributed by atoms with van der Waals surface area (Å²) in [5.41, 5.74) is 5.70. The minimum Gasteiger partial charge on any atom is -0.496 e. The third-order valence-electron chi connectivity index (χ3n) is 2.32. The molecule has 0 saturated carbocycles. The Morgan fingerprint density at radius 1 is 1.62 bits per heavy atom. The van der Waals surface area contributed by atoms with Crippen LogP contribution in [0.4, 0.5) is 0 Å². The van der Waals surface area contributed by atoms with E-state index in [9.17, 15) is 0 Å². The summed E-state index contributed by atoms with van der Waals surface area (Å²) in [6.07, 6.45) is 8.37. The number of hydrogen-bond acceptors (Lipinski definition) is 2. The van der Waals surface area contributed by atoms with Gasteiger partial charge < -0.3 is 15.8 Å². The Morgan fingerprint density at radius 3 is 3.06 bits per heavy atom. The number of allylic oxidation sites excluding steroid dienone is 1. The highest BCUT2D eigenvalue weighted by molar-refractivity contribution is 14.0. The number of nitrogens with one attached hydrogen (secondary N) is 1. The van der Waals surface area contributed by atoms with Gasteiger partial charge >= 0.3 is 0 Å². The number of aliphatic imine (C=N–C) groups is 1. The largest absolute Gasteiger partial charge is 0.496 e. The minimum absolute atomic E-state index is 0. The van der Waals surface area contributed by atoms with E-state index in [-0.39, 0.29) is 30.1 Å². The maximum absolute atomic E-state index is 5.70. The van der Waals surface area contributed by atoms with Gasteiger partial charge in [0.05, 0.1) is 12.8 Å². The number of rotatable bonds is 5. The highest BCUT2D eigenvalue weighted by Gasteiger charge is 2.09. The summed E-state index contributed by atoms with van der Waals surface area (Å²) >= 11 is 0. The molecule has 1 unspecified atom stereocenters. The SMILES string of the molecule is CCCCNC(N)=NCC1CCC=CO1.I. The lowest BCUT2D eigenvalue weighted by molar-refractivity contribution is 0.131. The first-order valence-electron chi connectivity index (χ1n) is 5.67. The molecule has 94 valence electrons. The van der Waals surface area contributed by atoms with E-state index in [1.807, 2.05) is 6.08 Å². The molecule has 0 spiro atoms. The molecule has 0 radical (unpaired) electrons. The Labute approximate surface area is 115 Å². The Hall–Kier alpha value is -0.460. The van der Waals surface area contributed by atoms with E-state index < -0.39 is 0 Å². The van der Waals surface area contributed by atoms with Crippen LogP contribution in [0.3, 0.4) is 0 Å². The van der Waals surface area contributed by atoms with Crippen molar-refractivity contribution in [1.29, 1.82) is 0 Å². The topological polar surface area (TPSA) is 59.6 Å².